The minimum atomic E-state index is -4.79. The van der Waals surface area contributed by atoms with Gasteiger partial charge in [-0.2, -0.15) is 18.3 Å². The summed E-state index contributed by atoms with van der Waals surface area (Å²) in [5, 5.41) is 6.42. The number of pyridine rings is 1. The SMILES string of the molecule is COc1ncc(-c2cc(C(F)(F)F)c3c(N)ncnn23)cc1C(=O)N[C@@H]1CN(C(=O)C(C)(C)N(C)C(=O)OC(C)(C)C)C[C@@H]1F. The van der Waals surface area contributed by atoms with Crippen LogP contribution in [-0.2, 0) is 15.7 Å². The molecule has 0 aliphatic carbocycles. The highest BCUT2D eigenvalue weighted by atomic mass is 19.4. The van der Waals surface area contributed by atoms with Crippen LogP contribution in [0.1, 0.15) is 50.5 Å². The van der Waals surface area contributed by atoms with Crippen LogP contribution in [0.3, 0.4) is 0 Å². The molecule has 0 saturated carbocycles. The fourth-order valence-corrected chi connectivity index (χ4v) is 4.81. The molecule has 3 amide bonds. The van der Waals surface area contributed by atoms with Gasteiger partial charge in [0, 0.05) is 25.4 Å². The summed E-state index contributed by atoms with van der Waals surface area (Å²) in [4.78, 5) is 49.4. The minimum Gasteiger partial charge on any atom is -0.480 e. The number of ether oxygens (including phenoxy) is 2. The number of nitrogens with zero attached hydrogens (tertiary/aromatic N) is 6. The smallest absolute Gasteiger partial charge is 0.418 e. The number of halogens is 4. The molecule has 3 aromatic rings. The van der Waals surface area contributed by atoms with Crippen molar-refractivity contribution in [1.82, 2.24) is 34.7 Å². The lowest BCUT2D eigenvalue weighted by Gasteiger charge is -2.37. The Balaban J connectivity index is 1.58. The topological polar surface area (TPSA) is 157 Å². The number of hydrogen-bond donors (Lipinski definition) is 2. The zero-order chi connectivity index (χ0) is 33.6. The summed E-state index contributed by atoms with van der Waals surface area (Å²) in [7, 11) is 2.63. The number of likely N-dealkylation sites (tertiary alicyclic amines) is 1. The molecule has 45 heavy (non-hydrogen) atoms. The van der Waals surface area contributed by atoms with E-state index in [0.717, 1.165) is 21.8 Å². The predicted molar refractivity (Wildman–Crippen MR) is 153 cm³/mol. The van der Waals surface area contributed by atoms with Crippen LogP contribution in [0.2, 0.25) is 0 Å². The fourth-order valence-electron chi connectivity index (χ4n) is 4.81. The third kappa shape index (κ3) is 6.56. The van der Waals surface area contributed by atoms with E-state index in [9.17, 15) is 27.6 Å². The number of nitrogen functional groups attached to an aromatic ring is 1. The molecule has 2 atom stereocenters. The molecule has 0 spiro atoms. The molecule has 1 aliphatic rings. The number of anilines is 1. The molecule has 0 radical (unpaired) electrons. The number of likely N-dealkylation sites (N-methyl/N-ethyl adjacent to an activating group) is 1. The first-order valence-electron chi connectivity index (χ1n) is 13.7. The number of amides is 3. The van der Waals surface area contributed by atoms with Crippen LogP contribution in [-0.4, -0.2) is 97.9 Å². The van der Waals surface area contributed by atoms with Crippen molar-refractivity contribution in [2.24, 2.45) is 0 Å². The zero-order valence-electron chi connectivity index (χ0n) is 25.7. The highest BCUT2D eigenvalue weighted by Gasteiger charge is 2.45. The number of methoxy groups -OCH3 is 1. The third-order valence-corrected chi connectivity index (χ3v) is 7.35. The second kappa shape index (κ2) is 11.7. The predicted octanol–water partition coefficient (Wildman–Crippen LogP) is 3.33. The van der Waals surface area contributed by atoms with Gasteiger partial charge >= 0.3 is 12.3 Å². The first-order chi connectivity index (χ1) is 20.8. The molecule has 244 valence electrons. The lowest BCUT2D eigenvalue weighted by molar-refractivity contribution is -0.140. The maximum Gasteiger partial charge on any atom is 0.418 e. The van der Waals surface area contributed by atoms with Gasteiger partial charge in [-0.1, -0.05) is 0 Å². The van der Waals surface area contributed by atoms with E-state index < -0.39 is 64.3 Å². The Labute approximate surface area is 255 Å². The molecule has 0 aromatic carbocycles. The van der Waals surface area contributed by atoms with E-state index in [4.69, 9.17) is 15.2 Å². The van der Waals surface area contributed by atoms with Gasteiger partial charge in [-0.25, -0.2) is 23.7 Å². The lowest BCUT2D eigenvalue weighted by Crippen LogP contribution is -2.57. The van der Waals surface area contributed by atoms with Crippen molar-refractivity contribution < 1.29 is 41.4 Å². The van der Waals surface area contributed by atoms with Crippen molar-refractivity contribution in [3.8, 4) is 17.1 Å². The van der Waals surface area contributed by atoms with E-state index in [1.54, 1.807) is 20.8 Å². The first-order valence-corrected chi connectivity index (χ1v) is 13.7. The number of aromatic nitrogens is 4. The summed E-state index contributed by atoms with van der Waals surface area (Å²) in [6, 6.07) is 0.876. The second-order valence-corrected chi connectivity index (χ2v) is 12.0. The van der Waals surface area contributed by atoms with Gasteiger partial charge < -0.3 is 25.4 Å². The van der Waals surface area contributed by atoms with Gasteiger partial charge in [0.25, 0.3) is 5.91 Å². The van der Waals surface area contributed by atoms with Crippen LogP contribution < -0.4 is 15.8 Å². The summed E-state index contributed by atoms with van der Waals surface area (Å²) in [5.41, 5.74) is 1.70. The molecule has 0 unspecified atom stereocenters. The first kappa shape index (κ1) is 33.2. The Morgan fingerprint density at radius 1 is 1.09 bits per heavy atom. The molecule has 13 nitrogen and oxygen atoms in total. The summed E-state index contributed by atoms with van der Waals surface area (Å²) in [5.74, 6) is -2.00. The quantitative estimate of drug-likeness (QED) is 0.387. The van der Waals surface area contributed by atoms with Gasteiger partial charge in [0.15, 0.2) is 5.82 Å². The molecular weight excluding hydrogens is 604 g/mol. The van der Waals surface area contributed by atoms with Gasteiger partial charge in [-0.3, -0.25) is 14.5 Å². The molecule has 1 fully saturated rings. The van der Waals surface area contributed by atoms with Gasteiger partial charge in [0.2, 0.25) is 11.8 Å². The molecule has 17 heteroatoms. The van der Waals surface area contributed by atoms with Crippen molar-refractivity contribution in [2.45, 2.75) is 64.1 Å². The van der Waals surface area contributed by atoms with Crippen LogP contribution in [0.25, 0.3) is 16.8 Å². The average Bonchev–Trinajstić information content (AvgIpc) is 3.52. The van der Waals surface area contributed by atoms with E-state index >= 15 is 4.39 Å². The van der Waals surface area contributed by atoms with Crippen LogP contribution in [0.4, 0.5) is 28.2 Å². The van der Waals surface area contributed by atoms with Crippen molar-refractivity contribution >= 4 is 29.2 Å². The van der Waals surface area contributed by atoms with E-state index in [-0.39, 0.29) is 35.8 Å². The zero-order valence-corrected chi connectivity index (χ0v) is 25.7. The number of hydrogen-bond acceptors (Lipinski definition) is 9. The van der Waals surface area contributed by atoms with Gasteiger partial charge in [0.1, 0.15) is 34.7 Å². The highest BCUT2D eigenvalue weighted by Crippen LogP contribution is 2.39. The maximum atomic E-state index is 15.2. The van der Waals surface area contributed by atoms with E-state index in [1.165, 1.54) is 45.2 Å². The van der Waals surface area contributed by atoms with Crippen molar-refractivity contribution in [1.29, 1.82) is 0 Å². The van der Waals surface area contributed by atoms with Crippen molar-refractivity contribution in [3.05, 3.63) is 35.8 Å². The Kier molecular flexibility index (Phi) is 8.61. The normalized spacial score (nSPS) is 17.4. The van der Waals surface area contributed by atoms with Crippen LogP contribution in [0.15, 0.2) is 24.7 Å². The van der Waals surface area contributed by atoms with Gasteiger partial charge in [-0.15, -0.1) is 0 Å². The highest BCUT2D eigenvalue weighted by molar-refractivity contribution is 5.98. The average molecular weight is 639 g/mol. The third-order valence-electron chi connectivity index (χ3n) is 7.35. The monoisotopic (exact) mass is 638 g/mol. The Bertz CT molecular complexity index is 1640. The number of carbonyl (C=O) groups excluding carboxylic acids is 3. The number of alkyl halides is 4. The van der Waals surface area contributed by atoms with Crippen molar-refractivity contribution in [3.63, 3.8) is 0 Å². The van der Waals surface area contributed by atoms with E-state index in [2.05, 4.69) is 20.4 Å². The molecule has 1 aliphatic heterocycles. The van der Waals surface area contributed by atoms with Crippen molar-refractivity contribution in [2.75, 3.05) is 33.0 Å². The Morgan fingerprint density at radius 3 is 2.36 bits per heavy atom. The lowest BCUT2D eigenvalue weighted by atomic mass is 10.0. The molecule has 1 saturated heterocycles. The standard InChI is InChI=1S/C28H34F4N8O5/c1-26(2,3)45-25(43)38(6)27(4,5)24(42)39-11-17(29)18(12-39)37-22(41)15-8-14(10-34-23(15)44-7)19-9-16(28(30,31)32)20-21(33)35-13-36-40(19)20/h8-10,13,17-18H,11-12H2,1-7H3,(H,37,41)(H2,33,35,36)/t17-,18+/m0/s1. The molecule has 3 aromatic heterocycles. The number of nitrogens with two attached hydrogens (primary N) is 1. The molecule has 3 N–H and O–H groups in total. The molecule has 0 bridgehead atoms. The summed E-state index contributed by atoms with van der Waals surface area (Å²) < 4.78 is 68.1. The molecule has 4 rings (SSSR count). The van der Waals surface area contributed by atoms with Crippen LogP contribution in [0.5, 0.6) is 5.88 Å². The summed E-state index contributed by atoms with van der Waals surface area (Å²) >= 11 is 0. The molecular formula is C28H34F4N8O5. The minimum absolute atomic E-state index is 0.0523. The van der Waals surface area contributed by atoms with Gasteiger partial charge in [-0.05, 0) is 46.8 Å². The Morgan fingerprint density at radius 2 is 1.76 bits per heavy atom. The number of fused-ring (bicyclic) bond motifs is 1. The Hall–Kier alpha value is -4.70. The van der Waals surface area contributed by atoms with Gasteiger partial charge in [0.05, 0.1) is 31.0 Å². The van der Waals surface area contributed by atoms with Crippen LogP contribution >= 0.6 is 0 Å². The van der Waals surface area contributed by atoms with E-state index in [1.807, 2.05) is 0 Å². The number of rotatable bonds is 6. The maximum absolute atomic E-state index is 15.2. The van der Waals surface area contributed by atoms with Crippen LogP contribution in [0, 0.1) is 0 Å². The second-order valence-electron chi connectivity index (χ2n) is 12.0. The largest absolute Gasteiger partial charge is 0.480 e. The van der Waals surface area contributed by atoms with E-state index in [0.29, 0.717) is 0 Å². The summed E-state index contributed by atoms with van der Waals surface area (Å²) in [6.45, 7) is 7.45. The molecule has 4 heterocycles. The summed E-state index contributed by atoms with van der Waals surface area (Å²) in [6.07, 6.45) is -5.04. The number of carbonyl (C=O) groups is 3. The fraction of sp³-hybridized carbons (Fsp3) is 0.500. The number of nitrogens with one attached hydrogen (secondary N) is 1.